The van der Waals surface area contributed by atoms with Crippen LogP contribution in [0.4, 0.5) is 4.39 Å². The van der Waals surface area contributed by atoms with Crippen molar-refractivity contribution < 1.29 is 9.13 Å². The number of aryl methyl sites for hydroxylation is 1. The summed E-state index contributed by atoms with van der Waals surface area (Å²) < 4.78 is 22.9. The molecule has 36 heavy (non-hydrogen) atoms. The fraction of sp³-hybridized carbons (Fsp3) is 0.448. The second-order valence-electron chi connectivity index (χ2n) is 10.3. The molecule has 6 nitrogen and oxygen atoms in total. The van der Waals surface area contributed by atoms with Gasteiger partial charge in [-0.3, -0.25) is 4.68 Å². The predicted molar refractivity (Wildman–Crippen MR) is 141 cm³/mol. The summed E-state index contributed by atoms with van der Waals surface area (Å²) in [7, 11) is 0. The number of nitrogens with zero attached hydrogens (tertiary/aromatic N) is 4. The van der Waals surface area contributed by atoms with E-state index in [9.17, 15) is 0 Å². The lowest BCUT2D eigenvalue weighted by Crippen LogP contribution is -2.34. The van der Waals surface area contributed by atoms with Crippen LogP contribution in [-0.2, 0) is 4.74 Å². The molecule has 1 N–H and O–H groups in total. The van der Waals surface area contributed by atoms with Gasteiger partial charge in [0.05, 0.1) is 12.2 Å². The van der Waals surface area contributed by atoms with Gasteiger partial charge >= 0.3 is 0 Å². The number of fused-ring (bicyclic) bond motifs is 1. The van der Waals surface area contributed by atoms with E-state index < -0.39 is 0 Å². The molecule has 0 saturated carbocycles. The highest BCUT2D eigenvalue weighted by Gasteiger charge is 2.23. The van der Waals surface area contributed by atoms with E-state index in [1.165, 1.54) is 0 Å². The van der Waals surface area contributed by atoms with Crippen LogP contribution in [0.2, 0.25) is 0 Å². The van der Waals surface area contributed by atoms with Crippen LogP contribution in [0, 0.1) is 12.7 Å². The molecule has 0 amide bonds. The summed E-state index contributed by atoms with van der Waals surface area (Å²) in [6.07, 6.45) is 12.0. The van der Waals surface area contributed by atoms with Gasteiger partial charge in [0.2, 0.25) is 0 Å². The Morgan fingerprint density at radius 3 is 2.58 bits per heavy atom. The number of hydrogen-bond donors (Lipinski definition) is 1. The van der Waals surface area contributed by atoms with Crippen molar-refractivity contribution >= 4 is 11.0 Å². The topological polar surface area (TPSA) is 59.0 Å². The van der Waals surface area contributed by atoms with E-state index in [1.54, 1.807) is 6.07 Å². The van der Waals surface area contributed by atoms with E-state index in [-0.39, 0.29) is 11.7 Å². The summed E-state index contributed by atoms with van der Waals surface area (Å²) >= 11 is 0. The minimum atomic E-state index is -0.123. The third-order valence-electron chi connectivity index (χ3n) is 8.12. The van der Waals surface area contributed by atoms with Crippen LogP contribution >= 0.6 is 0 Å². The van der Waals surface area contributed by atoms with Gasteiger partial charge < -0.3 is 14.6 Å². The molecule has 3 aromatic heterocycles. The molecule has 6 rings (SSSR count). The Labute approximate surface area is 211 Å². The fourth-order valence-corrected chi connectivity index (χ4v) is 6.00. The monoisotopic (exact) mass is 487 g/mol. The van der Waals surface area contributed by atoms with Gasteiger partial charge in [0, 0.05) is 67.0 Å². The molecule has 0 aliphatic carbocycles. The van der Waals surface area contributed by atoms with E-state index in [0.29, 0.717) is 19.3 Å². The Balaban J connectivity index is 1.30. The highest BCUT2D eigenvalue weighted by atomic mass is 19.1. The lowest BCUT2D eigenvalue weighted by Gasteiger charge is -2.31. The van der Waals surface area contributed by atoms with Crippen LogP contribution in [0.25, 0.3) is 33.3 Å². The van der Waals surface area contributed by atoms with Crippen LogP contribution < -0.4 is 0 Å². The molecular weight excluding hydrogens is 453 g/mol. The van der Waals surface area contributed by atoms with E-state index in [1.807, 2.05) is 25.5 Å². The Morgan fingerprint density at radius 1 is 1.03 bits per heavy atom. The highest BCUT2D eigenvalue weighted by molar-refractivity contribution is 5.95. The molecule has 2 aliphatic rings. The summed E-state index contributed by atoms with van der Waals surface area (Å²) in [5.41, 5.74) is 6.61. The van der Waals surface area contributed by atoms with E-state index in [0.717, 1.165) is 89.7 Å². The van der Waals surface area contributed by atoms with Crippen molar-refractivity contribution in [3.8, 4) is 22.3 Å². The van der Waals surface area contributed by atoms with Crippen LogP contribution in [0.3, 0.4) is 0 Å². The Hall–Kier alpha value is -3.03. The third kappa shape index (κ3) is 4.35. The van der Waals surface area contributed by atoms with Crippen LogP contribution in [-0.4, -0.2) is 57.5 Å². The third-order valence-corrected chi connectivity index (χ3v) is 8.12. The first-order chi connectivity index (χ1) is 17.6. The molecule has 0 atom stereocenters. The van der Waals surface area contributed by atoms with Gasteiger partial charge in [-0.15, -0.1) is 0 Å². The second kappa shape index (κ2) is 9.79. The molecule has 1 aromatic carbocycles. The minimum absolute atomic E-state index is 0.123. The molecule has 2 saturated heterocycles. The number of rotatable bonds is 5. The SMILES string of the molecule is CCN1CCC(n2cc(-c3c[nH]c4ncc(-c5cc(C)c(C6CCOCC6)c(F)c5)cc34)cn2)CC1. The molecule has 0 bridgehead atoms. The molecular formula is C29H34FN5O. The number of aromatic amines is 1. The molecule has 7 heteroatoms. The van der Waals surface area contributed by atoms with E-state index in [4.69, 9.17) is 9.84 Å². The van der Waals surface area contributed by atoms with Crippen molar-refractivity contribution in [1.82, 2.24) is 24.6 Å². The van der Waals surface area contributed by atoms with Gasteiger partial charge in [0.1, 0.15) is 11.5 Å². The first kappa shape index (κ1) is 23.4. The zero-order valence-corrected chi connectivity index (χ0v) is 21.1. The minimum Gasteiger partial charge on any atom is -0.381 e. The number of hydrogen-bond acceptors (Lipinski definition) is 4. The summed E-state index contributed by atoms with van der Waals surface area (Å²) in [5.74, 6) is 0.108. The number of piperidine rings is 1. The molecule has 5 heterocycles. The zero-order chi connectivity index (χ0) is 24.6. The zero-order valence-electron chi connectivity index (χ0n) is 21.1. The van der Waals surface area contributed by atoms with Crippen molar-refractivity contribution in [3.63, 3.8) is 0 Å². The lowest BCUT2D eigenvalue weighted by atomic mass is 9.86. The number of halogens is 1. The predicted octanol–water partition coefficient (Wildman–Crippen LogP) is 6.09. The first-order valence-corrected chi connectivity index (χ1v) is 13.2. The molecule has 4 aromatic rings. The summed E-state index contributed by atoms with van der Waals surface area (Å²) in [5, 5.41) is 5.74. The maximum atomic E-state index is 15.3. The van der Waals surface area contributed by atoms with Gasteiger partial charge in [0.25, 0.3) is 0 Å². The van der Waals surface area contributed by atoms with Crippen molar-refractivity contribution in [3.05, 3.63) is 59.9 Å². The van der Waals surface area contributed by atoms with Crippen molar-refractivity contribution in [2.24, 2.45) is 0 Å². The largest absolute Gasteiger partial charge is 0.381 e. The molecule has 0 unspecified atom stereocenters. The van der Waals surface area contributed by atoms with Gasteiger partial charge in [-0.1, -0.05) is 13.0 Å². The standard InChI is InChI=1S/C29H34FN5O/c1-3-34-8-4-24(5-9-34)35-18-23(16-33-35)26-17-32-29-25(26)13-22(15-31-29)21-12-19(2)28(27(30)14-21)20-6-10-36-11-7-20/h12-18,20,24H,3-11H2,1-2H3,(H,31,32). The van der Waals surface area contributed by atoms with Crippen molar-refractivity contribution in [2.45, 2.75) is 51.5 Å². The number of H-pyrrole nitrogens is 1. The highest BCUT2D eigenvalue weighted by Crippen LogP contribution is 2.36. The van der Waals surface area contributed by atoms with Crippen molar-refractivity contribution in [1.29, 1.82) is 0 Å². The van der Waals surface area contributed by atoms with Crippen LogP contribution in [0.15, 0.2) is 43.0 Å². The number of nitrogens with one attached hydrogen (secondary N) is 1. The van der Waals surface area contributed by atoms with Crippen LogP contribution in [0.5, 0.6) is 0 Å². The molecule has 0 spiro atoms. The van der Waals surface area contributed by atoms with Gasteiger partial charge in [0.15, 0.2) is 0 Å². The number of ether oxygens (including phenoxy) is 1. The molecule has 2 fully saturated rings. The number of benzene rings is 1. The Morgan fingerprint density at radius 2 is 1.83 bits per heavy atom. The molecule has 2 aliphatic heterocycles. The fourth-order valence-electron chi connectivity index (χ4n) is 6.00. The van der Waals surface area contributed by atoms with Gasteiger partial charge in [-0.2, -0.15) is 5.10 Å². The second-order valence-corrected chi connectivity index (χ2v) is 10.3. The summed E-state index contributed by atoms with van der Waals surface area (Å²) in [4.78, 5) is 10.5. The normalized spacial score (nSPS) is 18.3. The smallest absolute Gasteiger partial charge is 0.137 e. The average Bonchev–Trinajstić information content (AvgIpc) is 3.56. The molecule has 0 radical (unpaired) electrons. The summed E-state index contributed by atoms with van der Waals surface area (Å²) in [6.45, 7) is 9.02. The maximum absolute atomic E-state index is 15.3. The first-order valence-electron chi connectivity index (χ1n) is 13.2. The number of pyridine rings is 1. The van der Waals surface area contributed by atoms with Crippen molar-refractivity contribution in [2.75, 3.05) is 32.8 Å². The van der Waals surface area contributed by atoms with E-state index in [2.05, 4.69) is 44.8 Å². The maximum Gasteiger partial charge on any atom is 0.137 e. The average molecular weight is 488 g/mol. The van der Waals surface area contributed by atoms with Crippen LogP contribution in [0.1, 0.15) is 55.7 Å². The van der Waals surface area contributed by atoms with Gasteiger partial charge in [-0.25, -0.2) is 9.37 Å². The van der Waals surface area contributed by atoms with E-state index >= 15 is 4.39 Å². The summed E-state index contributed by atoms with van der Waals surface area (Å²) in [6, 6.07) is 6.34. The number of aromatic nitrogens is 4. The molecule has 188 valence electrons. The Bertz CT molecular complexity index is 1340. The van der Waals surface area contributed by atoms with Gasteiger partial charge in [-0.05, 0) is 73.9 Å². The quantitative estimate of drug-likeness (QED) is 0.370. The Kier molecular flexibility index (Phi) is 6.36. The number of likely N-dealkylation sites (tertiary alicyclic amines) is 1. The lowest BCUT2D eigenvalue weighted by molar-refractivity contribution is 0.0845.